The fourth-order valence-electron chi connectivity index (χ4n) is 0. The molecule has 0 bridgehead atoms. The summed E-state index contributed by atoms with van der Waals surface area (Å²) in [5, 5.41) is 7.71. The molecule has 0 rings (SSSR count). The second-order valence-electron chi connectivity index (χ2n) is 0.432. The third-order valence-corrected chi connectivity index (χ3v) is 0.896. The van der Waals surface area contributed by atoms with Crippen LogP contribution < -0.4 is 0 Å². The Labute approximate surface area is 43.4 Å². The van der Waals surface area contributed by atoms with Crippen LogP contribution in [0.25, 0.3) is 0 Å². The molecular weight excluding hydrogens is 155 g/mol. The fraction of sp³-hybridized carbons (Fsp3) is 0. The Hall–Kier alpha value is 0.310. The van der Waals surface area contributed by atoms with Crippen molar-refractivity contribution >= 4 is 27.5 Å². The first-order chi connectivity index (χ1) is 2.27. The van der Waals surface area contributed by atoms with E-state index in [-0.39, 0.29) is 5.22 Å². The number of halogens is 2. The summed E-state index contributed by atoms with van der Waals surface area (Å²) in [5.74, 6) is 0. The maximum atomic E-state index is 7.94. The van der Waals surface area contributed by atoms with Crippen molar-refractivity contribution in [3.05, 3.63) is 10.2 Å². The molecule has 1 nitrogen and oxygen atoms in total. The molecule has 1 N–H and O–H groups in total. The first kappa shape index (κ1) is 5.31. The van der Waals surface area contributed by atoms with Gasteiger partial charge in [-0.1, -0.05) is 15.9 Å². The molecule has 0 fully saturated rings. The zero-order valence-corrected chi connectivity index (χ0v) is 4.62. The molecular formula is C2H2BrClO. The molecule has 30 valence electrons. The Morgan fingerprint density at radius 2 is 2.20 bits per heavy atom. The van der Waals surface area contributed by atoms with E-state index in [0.717, 1.165) is 0 Å². The van der Waals surface area contributed by atoms with Crippen molar-refractivity contribution in [2.75, 3.05) is 0 Å². The van der Waals surface area contributed by atoms with Gasteiger partial charge in [0.2, 0.25) is 0 Å². The molecule has 0 aliphatic carbocycles. The molecule has 0 aromatic rings. The molecule has 0 radical (unpaired) electrons. The van der Waals surface area contributed by atoms with E-state index in [1.165, 1.54) is 4.99 Å². The van der Waals surface area contributed by atoms with Crippen LogP contribution in [0.2, 0.25) is 0 Å². The van der Waals surface area contributed by atoms with Crippen LogP contribution in [-0.2, 0) is 0 Å². The van der Waals surface area contributed by atoms with E-state index in [1.807, 2.05) is 0 Å². The van der Waals surface area contributed by atoms with Gasteiger partial charge in [0.1, 0.15) is 0 Å². The lowest BCUT2D eigenvalue weighted by atomic mass is 11.2. The van der Waals surface area contributed by atoms with Gasteiger partial charge in [-0.25, -0.2) is 0 Å². The highest BCUT2D eigenvalue weighted by atomic mass is 79.9. The second kappa shape index (κ2) is 2.54. The molecule has 0 atom stereocenters. The maximum Gasteiger partial charge on any atom is 0.191 e. The number of hydrogen-bond acceptors (Lipinski definition) is 1. The first-order valence-corrected chi connectivity index (χ1v) is 2.21. The topological polar surface area (TPSA) is 20.2 Å². The predicted octanol–water partition coefficient (Wildman–Crippen LogP) is 1.98. The molecule has 5 heavy (non-hydrogen) atoms. The van der Waals surface area contributed by atoms with Crippen molar-refractivity contribution in [3.8, 4) is 0 Å². The first-order valence-electron chi connectivity index (χ1n) is 0.919. The predicted molar refractivity (Wildman–Crippen MR) is 25.5 cm³/mol. The number of aliphatic hydroxyl groups excluding tert-OH is 1. The number of rotatable bonds is 0. The Morgan fingerprint density at radius 3 is 2.20 bits per heavy atom. The molecule has 0 saturated carbocycles. The highest BCUT2D eigenvalue weighted by Gasteiger charge is 1.69. The fourth-order valence-corrected chi connectivity index (χ4v) is 0. The van der Waals surface area contributed by atoms with E-state index in [1.54, 1.807) is 0 Å². The Kier molecular flexibility index (Phi) is 2.70. The normalized spacial score (nSPS) is 12.0. The van der Waals surface area contributed by atoms with Crippen LogP contribution in [-0.4, -0.2) is 5.11 Å². The van der Waals surface area contributed by atoms with Crippen molar-refractivity contribution in [3.63, 3.8) is 0 Å². The van der Waals surface area contributed by atoms with Crippen LogP contribution in [0.4, 0.5) is 0 Å². The molecule has 0 spiro atoms. The van der Waals surface area contributed by atoms with Crippen molar-refractivity contribution in [1.29, 1.82) is 0 Å². The standard InChI is InChI=1S/C2H2BrClO/c3-1-2(4)5/h1,5H/b2-1+. The zero-order chi connectivity index (χ0) is 4.28. The third kappa shape index (κ3) is 4.31. The van der Waals surface area contributed by atoms with E-state index < -0.39 is 0 Å². The molecule has 0 amide bonds. The van der Waals surface area contributed by atoms with Gasteiger partial charge in [-0.05, 0) is 11.6 Å². The Morgan fingerprint density at radius 1 is 2.00 bits per heavy atom. The van der Waals surface area contributed by atoms with E-state index in [0.29, 0.717) is 0 Å². The lowest BCUT2D eigenvalue weighted by Gasteiger charge is -1.69. The van der Waals surface area contributed by atoms with Gasteiger partial charge < -0.3 is 5.11 Å². The third-order valence-electron chi connectivity index (χ3n) is 0.0900. The minimum atomic E-state index is -0.231. The summed E-state index contributed by atoms with van der Waals surface area (Å²) in [6, 6.07) is 0. The molecule has 0 aliphatic heterocycles. The van der Waals surface area contributed by atoms with Crippen LogP contribution in [0.1, 0.15) is 0 Å². The monoisotopic (exact) mass is 156 g/mol. The number of hydrogen-bond donors (Lipinski definition) is 1. The highest BCUT2D eigenvalue weighted by molar-refractivity contribution is 9.11. The van der Waals surface area contributed by atoms with Gasteiger partial charge in [0.15, 0.2) is 5.22 Å². The lowest BCUT2D eigenvalue weighted by Crippen LogP contribution is -1.51. The zero-order valence-electron chi connectivity index (χ0n) is 2.28. The van der Waals surface area contributed by atoms with E-state index in [9.17, 15) is 0 Å². The number of aliphatic hydroxyl groups is 1. The van der Waals surface area contributed by atoms with Gasteiger partial charge in [0, 0.05) is 4.99 Å². The maximum absolute atomic E-state index is 7.94. The summed E-state index contributed by atoms with van der Waals surface area (Å²) < 4.78 is 0. The quantitative estimate of drug-likeness (QED) is 0.533. The SMILES string of the molecule is O/C(Cl)=C/Br. The summed E-state index contributed by atoms with van der Waals surface area (Å²) in [7, 11) is 0. The van der Waals surface area contributed by atoms with Gasteiger partial charge in [-0.3, -0.25) is 0 Å². The summed E-state index contributed by atoms with van der Waals surface area (Å²) in [6.45, 7) is 0. The second-order valence-corrected chi connectivity index (χ2v) is 1.28. The van der Waals surface area contributed by atoms with Gasteiger partial charge in [0.25, 0.3) is 0 Å². The molecule has 0 aromatic carbocycles. The average molecular weight is 157 g/mol. The van der Waals surface area contributed by atoms with Crippen LogP contribution in [0.3, 0.4) is 0 Å². The van der Waals surface area contributed by atoms with Gasteiger partial charge in [0.05, 0.1) is 0 Å². The molecule has 0 unspecified atom stereocenters. The molecule has 3 heteroatoms. The molecule has 0 heterocycles. The van der Waals surface area contributed by atoms with Gasteiger partial charge in [-0.15, -0.1) is 0 Å². The average Bonchev–Trinajstić information content (AvgIpc) is 1.38. The minimum Gasteiger partial charge on any atom is -0.498 e. The molecule has 0 saturated heterocycles. The summed E-state index contributed by atoms with van der Waals surface area (Å²) >= 11 is 7.60. The van der Waals surface area contributed by atoms with Crippen molar-refractivity contribution < 1.29 is 5.11 Å². The van der Waals surface area contributed by atoms with Crippen LogP contribution in [0.15, 0.2) is 10.2 Å². The van der Waals surface area contributed by atoms with Crippen molar-refractivity contribution in [2.45, 2.75) is 0 Å². The summed E-state index contributed by atoms with van der Waals surface area (Å²) in [6.07, 6.45) is 0. The van der Waals surface area contributed by atoms with Gasteiger partial charge in [-0.2, -0.15) is 0 Å². The Balaban J connectivity index is 3.14. The molecule has 0 aromatic heterocycles. The van der Waals surface area contributed by atoms with Crippen LogP contribution in [0, 0.1) is 0 Å². The van der Waals surface area contributed by atoms with E-state index in [2.05, 4.69) is 15.9 Å². The summed E-state index contributed by atoms with van der Waals surface area (Å²) in [5.41, 5.74) is 0. The summed E-state index contributed by atoms with van der Waals surface area (Å²) in [4.78, 5) is 1.22. The smallest absolute Gasteiger partial charge is 0.191 e. The lowest BCUT2D eigenvalue weighted by molar-refractivity contribution is 0.454. The Bertz CT molecular complexity index is 47.6. The van der Waals surface area contributed by atoms with E-state index in [4.69, 9.17) is 16.7 Å². The van der Waals surface area contributed by atoms with Crippen LogP contribution >= 0.6 is 27.5 Å². The minimum absolute atomic E-state index is 0.231. The van der Waals surface area contributed by atoms with Crippen LogP contribution in [0.5, 0.6) is 0 Å². The van der Waals surface area contributed by atoms with Crippen molar-refractivity contribution in [2.24, 2.45) is 0 Å². The van der Waals surface area contributed by atoms with E-state index >= 15 is 0 Å². The molecule has 0 aliphatic rings. The highest BCUT2D eigenvalue weighted by Crippen LogP contribution is 1.95. The van der Waals surface area contributed by atoms with Gasteiger partial charge >= 0.3 is 0 Å². The van der Waals surface area contributed by atoms with Crippen molar-refractivity contribution in [1.82, 2.24) is 0 Å². The largest absolute Gasteiger partial charge is 0.498 e.